The van der Waals surface area contributed by atoms with E-state index in [1.807, 2.05) is 37.3 Å². The Labute approximate surface area is 95.8 Å². The van der Waals surface area contributed by atoms with E-state index in [4.69, 9.17) is 5.11 Å². The van der Waals surface area contributed by atoms with Crippen molar-refractivity contribution in [2.24, 2.45) is 5.92 Å². The van der Waals surface area contributed by atoms with Crippen molar-refractivity contribution in [3.63, 3.8) is 0 Å². The number of nitrogens with one attached hydrogen (secondary N) is 1. The van der Waals surface area contributed by atoms with E-state index in [1.54, 1.807) is 6.08 Å². The highest BCUT2D eigenvalue weighted by Crippen LogP contribution is 2.06. The second-order valence-corrected chi connectivity index (χ2v) is 3.78. The fourth-order valence-corrected chi connectivity index (χ4v) is 1.46. The lowest BCUT2D eigenvalue weighted by atomic mass is 10.0. The highest BCUT2D eigenvalue weighted by atomic mass is 16.4. The first-order chi connectivity index (χ1) is 7.65. The van der Waals surface area contributed by atoms with Crippen LogP contribution < -0.4 is 5.32 Å². The molecule has 3 nitrogen and oxygen atoms in total. The van der Waals surface area contributed by atoms with E-state index >= 15 is 0 Å². The van der Waals surface area contributed by atoms with Crippen molar-refractivity contribution >= 4 is 5.97 Å². The molecule has 2 unspecified atom stereocenters. The molecule has 2 atom stereocenters. The van der Waals surface area contributed by atoms with Crippen LogP contribution >= 0.6 is 0 Å². The minimum atomic E-state index is -0.844. The van der Waals surface area contributed by atoms with E-state index in [0.717, 1.165) is 5.56 Å². The van der Waals surface area contributed by atoms with Gasteiger partial charge < -0.3 is 5.11 Å². The van der Waals surface area contributed by atoms with Gasteiger partial charge in [-0.25, -0.2) is 0 Å². The fourth-order valence-electron chi connectivity index (χ4n) is 1.46. The maximum Gasteiger partial charge on any atom is 0.321 e. The van der Waals surface area contributed by atoms with Gasteiger partial charge in [-0.1, -0.05) is 43.3 Å². The van der Waals surface area contributed by atoms with Crippen LogP contribution in [-0.2, 0) is 11.3 Å². The molecule has 0 fully saturated rings. The van der Waals surface area contributed by atoms with Crippen molar-refractivity contribution in [1.29, 1.82) is 0 Å². The number of carbonyl (C=O) groups is 1. The van der Waals surface area contributed by atoms with Crippen molar-refractivity contribution in [2.45, 2.75) is 19.5 Å². The van der Waals surface area contributed by atoms with Crippen LogP contribution in [-0.4, -0.2) is 17.1 Å². The highest BCUT2D eigenvalue weighted by Gasteiger charge is 2.21. The van der Waals surface area contributed by atoms with Crippen LogP contribution in [0.2, 0.25) is 0 Å². The number of carboxylic acid groups (broad SMARTS) is 1. The zero-order valence-corrected chi connectivity index (χ0v) is 9.39. The molecule has 0 radical (unpaired) electrons. The summed E-state index contributed by atoms with van der Waals surface area (Å²) in [6.45, 7) is 6.00. The molecule has 16 heavy (non-hydrogen) atoms. The molecule has 0 amide bonds. The Balaban J connectivity index is 2.57. The maximum absolute atomic E-state index is 11.0. The topological polar surface area (TPSA) is 49.3 Å². The minimum absolute atomic E-state index is 0.0961. The maximum atomic E-state index is 11.0. The molecule has 0 spiro atoms. The van der Waals surface area contributed by atoms with Gasteiger partial charge in [0.2, 0.25) is 0 Å². The molecule has 1 aromatic rings. The lowest BCUT2D eigenvalue weighted by Gasteiger charge is -2.18. The van der Waals surface area contributed by atoms with Gasteiger partial charge in [0.25, 0.3) is 0 Å². The fraction of sp³-hybridized carbons (Fsp3) is 0.308. The number of carboxylic acids is 1. The number of aliphatic carboxylic acids is 1. The summed E-state index contributed by atoms with van der Waals surface area (Å²) in [6, 6.07) is 9.14. The number of hydrogen-bond donors (Lipinski definition) is 2. The van der Waals surface area contributed by atoms with Crippen LogP contribution in [0.15, 0.2) is 43.0 Å². The third kappa shape index (κ3) is 3.51. The summed E-state index contributed by atoms with van der Waals surface area (Å²) in [6.07, 6.45) is 1.65. The second kappa shape index (κ2) is 6.08. The van der Waals surface area contributed by atoms with Crippen molar-refractivity contribution in [3.8, 4) is 0 Å². The summed E-state index contributed by atoms with van der Waals surface area (Å²) in [4.78, 5) is 11.0. The Morgan fingerprint density at radius 2 is 2.12 bits per heavy atom. The van der Waals surface area contributed by atoms with E-state index in [9.17, 15) is 4.79 Å². The molecule has 86 valence electrons. The first-order valence-electron chi connectivity index (χ1n) is 5.28. The van der Waals surface area contributed by atoms with E-state index in [-0.39, 0.29) is 5.92 Å². The number of rotatable bonds is 6. The van der Waals surface area contributed by atoms with E-state index in [1.165, 1.54) is 0 Å². The van der Waals surface area contributed by atoms with Gasteiger partial charge >= 0.3 is 5.97 Å². The lowest BCUT2D eigenvalue weighted by molar-refractivity contribution is -0.140. The van der Waals surface area contributed by atoms with Crippen LogP contribution in [0.25, 0.3) is 0 Å². The normalized spacial score (nSPS) is 14.1. The minimum Gasteiger partial charge on any atom is -0.480 e. The molecule has 0 saturated heterocycles. The summed E-state index contributed by atoms with van der Waals surface area (Å²) in [7, 11) is 0. The van der Waals surface area contributed by atoms with Gasteiger partial charge in [-0.05, 0) is 11.5 Å². The quantitative estimate of drug-likeness (QED) is 0.720. The van der Waals surface area contributed by atoms with Gasteiger partial charge in [-0.15, -0.1) is 6.58 Å². The third-order valence-corrected chi connectivity index (χ3v) is 2.53. The molecule has 0 aliphatic heterocycles. The zero-order valence-electron chi connectivity index (χ0n) is 9.39. The van der Waals surface area contributed by atoms with Crippen molar-refractivity contribution < 1.29 is 9.90 Å². The predicted molar refractivity (Wildman–Crippen MR) is 64.1 cm³/mol. The standard InChI is InChI=1S/C13H17NO2/c1-3-10(2)12(13(15)16)14-9-11-7-5-4-6-8-11/h3-8,10,12,14H,1,9H2,2H3,(H,15,16). The smallest absolute Gasteiger partial charge is 0.321 e. The average Bonchev–Trinajstić information content (AvgIpc) is 2.30. The second-order valence-electron chi connectivity index (χ2n) is 3.78. The SMILES string of the molecule is C=CC(C)C(NCc1ccccc1)C(=O)O. The monoisotopic (exact) mass is 219 g/mol. The van der Waals surface area contributed by atoms with Crippen LogP contribution in [0.1, 0.15) is 12.5 Å². The summed E-state index contributed by atoms with van der Waals surface area (Å²) >= 11 is 0. The van der Waals surface area contributed by atoms with Gasteiger partial charge in [-0.2, -0.15) is 0 Å². The Morgan fingerprint density at radius 3 is 2.62 bits per heavy atom. The molecule has 0 saturated carbocycles. The average molecular weight is 219 g/mol. The lowest BCUT2D eigenvalue weighted by Crippen LogP contribution is -2.40. The molecule has 0 aromatic heterocycles. The van der Waals surface area contributed by atoms with Crippen LogP contribution in [0.5, 0.6) is 0 Å². The molecule has 2 N–H and O–H groups in total. The van der Waals surface area contributed by atoms with Gasteiger partial charge in [0, 0.05) is 6.54 Å². The Hall–Kier alpha value is -1.61. The summed E-state index contributed by atoms with van der Waals surface area (Å²) in [5.74, 6) is -0.940. The van der Waals surface area contributed by atoms with Crippen LogP contribution in [0.3, 0.4) is 0 Å². The summed E-state index contributed by atoms with van der Waals surface area (Å²) < 4.78 is 0. The van der Waals surface area contributed by atoms with Crippen molar-refractivity contribution in [3.05, 3.63) is 48.6 Å². The molecule has 1 aromatic carbocycles. The van der Waals surface area contributed by atoms with E-state index in [2.05, 4.69) is 11.9 Å². The van der Waals surface area contributed by atoms with Gasteiger partial charge in [0.1, 0.15) is 6.04 Å². The van der Waals surface area contributed by atoms with Crippen molar-refractivity contribution in [1.82, 2.24) is 5.32 Å². The molecule has 3 heteroatoms. The molecule has 0 aliphatic carbocycles. The van der Waals surface area contributed by atoms with Crippen LogP contribution in [0.4, 0.5) is 0 Å². The zero-order chi connectivity index (χ0) is 12.0. The third-order valence-electron chi connectivity index (χ3n) is 2.53. The Morgan fingerprint density at radius 1 is 1.50 bits per heavy atom. The molecular formula is C13H17NO2. The molecule has 0 aliphatic rings. The molecule has 1 rings (SSSR count). The van der Waals surface area contributed by atoms with Gasteiger partial charge in [-0.3, -0.25) is 10.1 Å². The number of hydrogen-bond acceptors (Lipinski definition) is 2. The van der Waals surface area contributed by atoms with Gasteiger partial charge in [0.15, 0.2) is 0 Å². The first-order valence-corrected chi connectivity index (χ1v) is 5.28. The van der Waals surface area contributed by atoms with Crippen molar-refractivity contribution in [2.75, 3.05) is 0 Å². The van der Waals surface area contributed by atoms with E-state index < -0.39 is 12.0 Å². The molecule has 0 bridgehead atoms. The Bertz CT molecular complexity index is 348. The molecular weight excluding hydrogens is 202 g/mol. The number of benzene rings is 1. The van der Waals surface area contributed by atoms with Crippen LogP contribution in [0, 0.1) is 5.92 Å². The molecule has 0 heterocycles. The summed E-state index contributed by atoms with van der Waals surface area (Å²) in [5, 5.41) is 12.1. The Kier molecular flexibility index (Phi) is 4.73. The van der Waals surface area contributed by atoms with E-state index in [0.29, 0.717) is 6.54 Å². The summed E-state index contributed by atoms with van der Waals surface area (Å²) in [5.41, 5.74) is 1.07. The van der Waals surface area contributed by atoms with Gasteiger partial charge in [0.05, 0.1) is 0 Å². The largest absolute Gasteiger partial charge is 0.480 e. The highest BCUT2D eigenvalue weighted by molar-refractivity contribution is 5.74. The first kappa shape index (κ1) is 12.5. The predicted octanol–water partition coefficient (Wildman–Crippen LogP) is 2.05.